The third-order valence-corrected chi connectivity index (χ3v) is 3.44. The lowest BCUT2D eigenvalue weighted by molar-refractivity contribution is 0.0947. The van der Waals surface area contributed by atoms with Crippen molar-refractivity contribution in [3.63, 3.8) is 0 Å². The summed E-state index contributed by atoms with van der Waals surface area (Å²) in [5.74, 6) is -0.0327. The molecule has 94 valence electrons. The van der Waals surface area contributed by atoms with Crippen molar-refractivity contribution < 1.29 is 4.79 Å². The largest absolute Gasteiger partial charge is 0.351 e. The van der Waals surface area contributed by atoms with Crippen LogP contribution in [0.1, 0.15) is 24.2 Å². The molecule has 0 radical (unpaired) electrons. The van der Waals surface area contributed by atoms with Gasteiger partial charge in [0.1, 0.15) is 0 Å². The van der Waals surface area contributed by atoms with E-state index in [1.54, 1.807) is 0 Å². The minimum absolute atomic E-state index is 0.0327. The Bertz CT molecular complexity index is 379. The molecule has 0 aliphatic rings. The molecule has 0 saturated heterocycles. The average molecular weight is 299 g/mol. The summed E-state index contributed by atoms with van der Waals surface area (Å²) in [6.45, 7) is 5.79. The van der Waals surface area contributed by atoms with Crippen LogP contribution in [0, 0.1) is 0 Å². The van der Waals surface area contributed by atoms with Gasteiger partial charge in [-0.15, -0.1) is 0 Å². The molecule has 3 nitrogen and oxygen atoms in total. The number of amides is 1. The summed E-state index contributed by atoms with van der Waals surface area (Å²) in [5.41, 5.74) is 0.680. The van der Waals surface area contributed by atoms with Crippen molar-refractivity contribution in [3.05, 3.63) is 34.3 Å². The second-order valence-electron chi connectivity index (χ2n) is 4.31. The smallest absolute Gasteiger partial charge is 0.252 e. The summed E-state index contributed by atoms with van der Waals surface area (Å²) in [5, 5.41) is 2.91. The van der Waals surface area contributed by atoms with E-state index in [9.17, 15) is 4.79 Å². The number of benzene rings is 1. The van der Waals surface area contributed by atoms with Crippen LogP contribution in [0.15, 0.2) is 28.7 Å². The van der Waals surface area contributed by atoms with Crippen LogP contribution in [0.25, 0.3) is 0 Å². The van der Waals surface area contributed by atoms with Crippen LogP contribution >= 0.6 is 15.9 Å². The number of nitrogens with zero attached hydrogens (tertiary/aromatic N) is 1. The number of hydrogen-bond acceptors (Lipinski definition) is 2. The van der Waals surface area contributed by atoms with Crippen LogP contribution in [-0.2, 0) is 0 Å². The standard InChI is InChI=1S/C13H19BrN2O/c1-10(2)16(3)9-8-15-13(17)11-6-4-5-7-12(11)14/h4-7,10H,8-9H2,1-3H3,(H,15,17). The van der Waals surface area contributed by atoms with Crippen LogP contribution in [-0.4, -0.2) is 37.0 Å². The molecular formula is C13H19BrN2O. The first kappa shape index (κ1) is 14.2. The van der Waals surface area contributed by atoms with E-state index in [1.165, 1.54) is 0 Å². The molecule has 0 bridgehead atoms. The van der Waals surface area contributed by atoms with Crippen molar-refractivity contribution in [1.82, 2.24) is 10.2 Å². The van der Waals surface area contributed by atoms with Gasteiger partial charge in [-0.3, -0.25) is 4.79 Å². The Morgan fingerprint density at radius 1 is 1.41 bits per heavy atom. The normalized spacial score (nSPS) is 10.9. The van der Waals surface area contributed by atoms with Gasteiger partial charge in [0, 0.05) is 23.6 Å². The number of hydrogen-bond donors (Lipinski definition) is 1. The van der Waals surface area contributed by atoms with Crippen molar-refractivity contribution in [2.75, 3.05) is 20.1 Å². The Hall–Kier alpha value is -0.870. The average Bonchev–Trinajstić information content (AvgIpc) is 2.29. The number of halogens is 1. The molecule has 0 heterocycles. The van der Waals surface area contributed by atoms with Crippen LogP contribution in [0.4, 0.5) is 0 Å². The van der Waals surface area contributed by atoms with E-state index in [1.807, 2.05) is 24.3 Å². The van der Waals surface area contributed by atoms with E-state index in [0.717, 1.165) is 11.0 Å². The number of rotatable bonds is 5. The molecule has 1 amide bonds. The maximum absolute atomic E-state index is 11.9. The highest BCUT2D eigenvalue weighted by Crippen LogP contribution is 2.15. The molecule has 0 fully saturated rings. The maximum Gasteiger partial charge on any atom is 0.252 e. The molecule has 0 atom stereocenters. The Kier molecular flexibility index (Phi) is 5.65. The molecule has 4 heteroatoms. The Balaban J connectivity index is 2.43. The fraction of sp³-hybridized carbons (Fsp3) is 0.462. The van der Waals surface area contributed by atoms with Gasteiger partial charge in [0.25, 0.3) is 5.91 Å². The molecule has 0 aliphatic heterocycles. The van der Waals surface area contributed by atoms with Crippen LogP contribution in [0.5, 0.6) is 0 Å². The highest BCUT2D eigenvalue weighted by Gasteiger charge is 2.09. The zero-order valence-corrected chi connectivity index (χ0v) is 12.1. The zero-order chi connectivity index (χ0) is 12.8. The summed E-state index contributed by atoms with van der Waals surface area (Å²) in [6, 6.07) is 7.93. The number of carbonyl (C=O) groups is 1. The third kappa shape index (κ3) is 4.48. The first-order valence-corrected chi connectivity index (χ1v) is 6.54. The molecule has 0 aliphatic carbocycles. The number of likely N-dealkylation sites (N-methyl/N-ethyl adjacent to an activating group) is 1. The summed E-state index contributed by atoms with van der Waals surface area (Å²) in [4.78, 5) is 14.1. The van der Waals surface area contributed by atoms with Crippen LogP contribution in [0.2, 0.25) is 0 Å². The van der Waals surface area contributed by atoms with E-state index in [-0.39, 0.29) is 5.91 Å². The predicted molar refractivity (Wildman–Crippen MR) is 74.2 cm³/mol. The molecule has 0 saturated carbocycles. The Morgan fingerprint density at radius 2 is 2.06 bits per heavy atom. The van der Waals surface area contributed by atoms with Crippen molar-refractivity contribution >= 4 is 21.8 Å². The minimum atomic E-state index is -0.0327. The molecule has 1 N–H and O–H groups in total. The molecular weight excluding hydrogens is 280 g/mol. The highest BCUT2D eigenvalue weighted by atomic mass is 79.9. The molecule has 1 rings (SSSR count). The van der Waals surface area contributed by atoms with Gasteiger partial charge in [0.05, 0.1) is 5.56 Å². The van der Waals surface area contributed by atoms with E-state index in [4.69, 9.17) is 0 Å². The van der Waals surface area contributed by atoms with E-state index in [2.05, 4.69) is 47.0 Å². The lowest BCUT2D eigenvalue weighted by Gasteiger charge is -2.20. The quantitative estimate of drug-likeness (QED) is 0.906. The second kappa shape index (κ2) is 6.77. The predicted octanol–water partition coefficient (Wildman–Crippen LogP) is 2.52. The summed E-state index contributed by atoms with van der Waals surface area (Å²) in [6.07, 6.45) is 0. The summed E-state index contributed by atoms with van der Waals surface area (Å²) in [7, 11) is 2.05. The zero-order valence-electron chi connectivity index (χ0n) is 10.5. The molecule has 17 heavy (non-hydrogen) atoms. The molecule has 0 aromatic heterocycles. The van der Waals surface area contributed by atoms with Crippen molar-refractivity contribution in [3.8, 4) is 0 Å². The van der Waals surface area contributed by atoms with Crippen molar-refractivity contribution in [2.24, 2.45) is 0 Å². The van der Waals surface area contributed by atoms with Gasteiger partial charge in [-0.05, 0) is 49.0 Å². The summed E-state index contributed by atoms with van der Waals surface area (Å²) < 4.78 is 0.828. The molecule has 0 unspecified atom stereocenters. The molecule has 0 spiro atoms. The van der Waals surface area contributed by atoms with E-state index < -0.39 is 0 Å². The first-order valence-electron chi connectivity index (χ1n) is 5.75. The van der Waals surface area contributed by atoms with Crippen LogP contribution in [0.3, 0.4) is 0 Å². The Labute approximate surface area is 111 Å². The maximum atomic E-state index is 11.9. The Morgan fingerprint density at radius 3 is 2.65 bits per heavy atom. The molecule has 1 aromatic rings. The number of nitrogens with one attached hydrogen (secondary N) is 1. The van der Waals surface area contributed by atoms with Crippen molar-refractivity contribution in [2.45, 2.75) is 19.9 Å². The van der Waals surface area contributed by atoms with Crippen molar-refractivity contribution in [1.29, 1.82) is 0 Å². The van der Waals surface area contributed by atoms with Gasteiger partial charge >= 0.3 is 0 Å². The monoisotopic (exact) mass is 298 g/mol. The van der Waals surface area contributed by atoms with Gasteiger partial charge in [0.15, 0.2) is 0 Å². The van der Waals surface area contributed by atoms with E-state index >= 15 is 0 Å². The lowest BCUT2D eigenvalue weighted by atomic mass is 10.2. The van der Waals surface area contributed by atoms with Gasteiger partial charge < -0.3 is 10.2 Å². The van der Waals surface area contributed by atoms with E-state index in [0.29, 0.717) is 18.2 Å². The van der Waals surface area contributed by atoms with Gasteiger partial charge in [-0.2, -0.15) is 0 Å². The van der Waals surface area contributed by atoms with Gasteiger partial charge in [-0.25, -0.2) is 0 Å². The van der Waals surface area contributed by atoms with Crippen LogP contribution < -0.4 is 5.32 Å². The minimum Gasteiger partial charge on any atom is -0.351 e. The molecule has 1 aromatic carbocycles. The summed E-state index contributed by atoms with van der Waals surface area (Å²) >= 11 is 3.37. The van der Waals surface area contributed by atoms with Gasteiger partial charge in [-0.1, -0.05) is 12.1 Å². The third-order valence-electron chi connectivity index (χ3n) is 2.75. The second-order valence-corrected chi connectivity index (χ2v) is 5.16. The fourth-order valence-electron chi connectivity index (χ4n) is 1.34. The first-order chi connectivity index (χ1) is 8.02. The SMILES string of the molecule is CC(C)N(C)CCNC(=O)c1ccccc1Br. The number of carbonyl (C=O) groups excluding carboxylic acids is 1. The van der Waals surface area contributed by atoms with Gasteiger partial charge in [0.2, 0.25) is 0 Å². The lowest BCUT2D eigenvalue weighted by Crippen LogP contribution is -2.36. The fourth-order valence-corrected chi connectivity index (χ4v) is 1.81. The highest BCUT2D eigenvalue weighted by molar-refractivity contribution is 9.10. The topological polar surface area (TPSA) is 32.3 Å².